The average Bonchev–Trinajstić information content (AvgIpc) is 2.82. The molecule has 88 valence electrons. The number of nitrogens with zero attached hydrogens (tertiary/aromatic N) is 1. The van der Waals surface area contributed by atoms with E-state index in [0.717, 1.165) is 22.5 Å². The highest BCUT2D eigenvalue weighted by molar-refractivity contribution is 8.01. The number of thiazole rings is 1. The van der Waals surface area contributed by atoms with Crippen molar-refractivity contribution in [3.8, 4) is 0 Å². The molecule has 1 heterocycles. The molecule has 2 nitrogen and oxygen atoms in total. The van der Waals surface area contributed by atoms with Gasteiger partial charge in [0.05, 0.1) is 11.3 Å². The van der Waals surface area contributed by atoms with E-state index in [0.29, 0.717) is 0 Å². The third kappa shape index (κ3) is 3.10. The fraction of sp³-hybridized carbons (Fsp3) is 0.0909. The highest BCUT2D eigenvalue weighted by Gasteiger charge is 2.13. The summed E-state index contributed by atoms with van der Waals surface area (Å²) in [6.07, 6.45) is 1.63. The van der Waals surface area contributed by atoms with Crippen molar-refractivity contribution >= 4 is 28.9 Å². The number of thioether (sulfide) groups is 1. The standard InChI is InChI=1S/C11H7F2NOS2/c12-7-1-2-9(13)8(5-7)10(15)6-17-11-14-3-4-16-11/h1-5H,6H2. The number of hydrogen-bond acceptors (Lipinski definition) is 4. The van der Waals surface area contributed by atoms with Gasteiger partial charge >= 0.3 is 0 Å². The van der Waals surface area contributed by atoms with Crippen LogP contribution in [0.2, 0.25) is 0 Å². The molecule has 0 unspecified atom stereocenters. The van der Waals surface area contributed by atoms with Crippen LogP contribution in [0, 0.1) is 11.6 Å². The van der Waals surface area contributed by atoms with E-state index in [4.69, 9.17) is 0 Å². The molecular weight excluding hydrogens is 264 g/mol. The minimum absolute atomic E-state index is 0.0495. The van der Waals surface area contributed by atoms with Gasteiger partial charge in [-0.1, -0.05) is 11.8 Å². The summed E-state index contributed by atoms with van der Waals surface area (Å²) in [7, 11) is 0. The molecule has 0 atom stereocenters. The van der Waals surface area contributed by atoms with Crippen molar-refractivity contribution in [1.29, 1.82) is 0 Å². The van der Waals surface area contributed by atoms with Crippen molar-refractivity contribution in [2.75, 3.05) is 5.75 Å². The van der Waals surface area contributed by atoms with E-state index >= 15 is 0 Å². The quantitative estimate of drug-likeness (QED) is 0.630. The molecule has 0 saturated heterocycles. The molecule has 6 heteroatoms. The first-order valence-electron chi connectivity index (χ1n) is 4.67. The number of halogens is 2. The van der Waals surface area contributed by atoms with Crippen molar-refractivity contribution in [1.82, 2.24) is 4.98 Å². The Labute approximate surface area is 105 Å². The SMILES string of the molecule is O=C(CSc1nccs1)c1cc(F)ccc1F. The first-order chi connectivity index (χ1) is 8.16. The lowest BCUT2D eigenvalue weighted by atomic mass is 10.1. The molecule has 0 spiro atoms. The maximum absolute atomic E-state index is 13.3. The number of ketones is 1. The average molecular weight is 271 g/mol. The van der Waals surface area contributed by atoms with Gasteiger partial charge in [-0.05, 0) is 18.2 Å². The summed E-state index contributed by atoms with van der Waals surface area (Å²) in [4.78, 5) is 15.6. The number of rotatable bonds is 4. The number of carbonyl (C=O) groups is 1. The van der Waals surface area contributed by atoms with E-state index in [1.807, 2.05) is 0 Å². The van der Waals surface area contributed by atoms with Gasteiger partial charge in [-0.25, -0.2) is 13.8 Å². The molecule has 0 N–H and O–H groups in total. The van der Waals surface area contributed by atoms with Crippen LogP contribution >= 0.6 is 23.1 Å². The van der Waals surface area contributed by atoms with Gasteiger partial charge in [0.25, 0.3) is 0 Å². The molecular formula is C11H7F2NOS2. The van der Waals surface area contributed by atoms with Gasteiger partial charge in [0.15, 0.2) is 5.78 Å². The molecule has 0 bridgehead atoms. The van der Waals surface area contributed by atoms with Crippen LogP contribution in [0.15, 0.2) is 34.1 Å². The van der Waals surface area contributed by atoms with Gasteiger partial charge in [0, 0.05) is 11.6 Å². The molecule has 0 aliphatic carbocycles. The Balaban J connectivity index is 2.07. The Bertz CT molecular complexity index is 528. The molecule has 0 fully saturated rings. The maximum Gasteiger partial charge on any atom is 0.176 e. The van der Waals surface area contributed by atoms with Crippen LogP contribution in [0.25, 0.3) is 0 Å². The summed E-state index contributed by atoms with van der Waals surface area (Å²) in [6, 6.07) is 2.86. The predicted octanol–water partition coefficient (Wildman–Crippen LogP) is 3.40. The summed E-state index contributed by atoms with van der Waals surface area (Å²) in [6.45, 7) is 0. The second-order valence-corrected chi connectivity index (χ2v) is 5.25. The van der Waals surface area contributed by atoms with Crippen LogP contribution < -0.4 is 0 Å². The third-order valence-electron chi connectivity index (χ3n) is 1.97. The first-order valence-corrected chi connectivity index (χ1v) is 6.54. The van der Waals surface area contributed by atoms with Crippen LogP contribution in [0.1, 0.15) is 10.4 Å². The van der Waals surface area contributed by atoms with Crippen molar-refractivity contribution in [2.24, 2.45) is 0 Å². The van der Waals surface area contributed by atoms with Gasteiger partial charge in [0.1, 0.15) is 16.0 Å². The molecule has 2 rings (SSSR count). The van der Waals surface area contributed by atoms with E-state index in [9.17, 15) is 13.6 Å². The largest absolute Gasteiger partial charge is 0.293 e. The highest BCUT2D eigenvalue weighted by atomic mass is 32.2. The van der Waals surface area contributed by atoms with E-state index in [1.54, 1.807) is 11.6 Å². The molecule has 0 aliphatic heterocycles. The van der Waals surface area contributed by atoms with Gasteiger partial charge in [0.2, 0.25) is 0 Å². The minimum Gasteiger partial charge on any atom is -0.293 e. The van der Waals surface area contributed by atoms with E-state index in [1.165, 1.54) is 23.1 Å². The number of benzene rings is 1. The highest BCUT2D eigenvalue weighted by Crippen LogP contribution is 2.22. The zero-order valence-corrected chi connectivity index (χ0v) is 10.2. The van der Waals surface area contributed by atoms with E-state index < -0.39 is 17.4 Å². The minimum atomic E-state index is -0.698. The second-order valence-electron chi connectivity index (χ2n) is 3.13. The molecule has 0 aliphatic rings. The lowest BCUT2D eigenvalue weighted by Crippen LogP contribution is -2.05. The first kappa shape index (κ1) is 12.2. The zero-order chi connectivity index (χ0) is 12.3. The van der Waals surface area contributed by atoms with E-state index in [-0.39, 0.29) is 11.3 Å². The molecule has 17 heavy (non-hydrogen) atoms. The zero-order valence-electron chi connectivity index (χ0n) is 8.52. The Morgan fingerprint density at radius 3 is 2.94 bits per heavy atom. The molecule has 2 aromatic rings. The van der Waals surface area contributed by atoms with Crippen molar-refractivity contribution in [3.63, 3.8) is 0 Å². The topological polar surface area (TPSA) is 30.0 Å². The van der Waals surface area contributed by atoms with Gasteiger partial charge in [-0.3, -0.25) is 4.79 Å². The summed E-state index contributed by atoms with van der Waals surface area (Å²) in [5.41, 5.74) is -0.214. The smallest absolute Gasteiger partial charge is 0.176 e. The molecule has 0 saturated carbocycles. The van der Waals surface area contributed by atoms with Crippen molar-refractivity contribution in [2.45, 2.75) is 4.34 Å². The monoisotopic (exact) mass is 271 g/mol. The van der Waals surface area contributed by atoms with Crippen molar-refractivity contribution in [3.05, 3.63) is 47.0 Å². The molecule has 1 aromatic carbocycles. The lowest BCUT2D eigenvalue weighted by Gasteiger charge is -2.01. The normalized spacial score (nSPS) is 10.5. The maximum atomic E-state index is 13.3. The Hall–Kier alpha value is -1.27. The summed E-state index contributed by atoms with van der Waals surface area (Å²) in [5, 5.41) is 1.79. The second kappa shape index (κ2) is 5.37. The van der Waals surface area contributed by atoms with Crippen LogP contribution in [-0.4, -0.2) is 16.5 Å². The van der Waals surface area contributed by atoms with Crippen molar-refractivity contribution < 1.29 is 13.6 Å². The summed E-state index contributed by atoms with van der Waals surface area (Å²) >= 11 is 2.61. The van der Waals surface area contributed by atoms with Gasteiger partial charge in [-0.2, -0.15) is 0 Å². The molecule has 1 aromatic heterocycles. The molecule has 0 radical (unpaired) electrons. The summed E-state index contributed by atoms with van der Waals surface area (Å²) < 4.78 is 26.9. The fourth-order valence-corrected chi connectivity index (χ4v) is 2.72. The lowest BCUT2D eigenvalue weighted by molar-refractivity contribution is 0.101. The van der Waals surface area contributed by atoms with E-state index in [2.05, 4.69) is 4.98 Å². The number of hydrogen-bond donors (Lipinski definition) is 0. The Morgan fingerprint density at radius 1 is 1.41 bits per heavy atom. The van der Waals surface area contributed by atoms with Gasteiger partial charge in [-0.15, -0.1) is 11.3 Å². The van der Waals surface area contributed by atoms with Crippen LogP contribution in [-0.2, 0) is 0 Å². The fourth-order valence-electron chi connectivity index (χ4n) is 1.20. The summed E-state index contributed by atoms with van der Waals surface area (Å²) in [5.74, 6) is -1.71. The van der Waals surface area contributed by atoms with Crippen LogP contribution in [0.4, 0.5) is 8.78 Å². The predicted molar refractivity (Wildman–Crippen MR) is 63.5 cm³/mol. The molecule has 0 amide bonds. The third-order valence-corrected chi connectivity index (χ3v) is 3.93. The van der Waals surface area contributed by atoms with Gasteiger partial charge < -0.3 is 0 Å². The Morgan fingerprint density at radius 2 is 2.24 bits per heavy atom. The number of aromatic nitrogens is 1. The van der Waals surface area contributed by atoms with Crippen LogP contribution in [0.5, 0.6) is 0 Å². The van der Waals surface area contributed by atoms with Crippen LogP contribution in [0.3, 0.4) is 0 Å². The Kier molecular flexibility index (Phi) is 3.86. The number of carbonyl (C=O) groups excluding carboxylic acids is 1. The number of Topliss-reactive ketones (excluding diaryl/α,β-unsaturated/α-hetero) is 1.